The summed E-state index contributed by atoms with van der Waals surface area (Å²) < 4.78 is 11.3. The van der Waals surface area contributed by atoms with E-state index in [4.69, 9.17) is 9.47 Å². The minimum absolute atomic E-state index is 0.324. The first kappa shape index (κ1) is 11.1. The van der Waals surface area contributed by atoms with Crippen LogP contribution in [-0.4, -0.2) is 25.4 Å². The van der Waals surface area contributed by atoms with Crippen molar-refractivity contribution in [3.63, 3.8) is 0 Å². The molecular formula is C14H19NO2. The van der Waals surface area contributed by atoms with Crippen molar-refractivity contribution in [2.45, 2.75) is 38.0 Å². The summed E-state index contributed by atoms with van der Waals surface area (Å²) in [4.78, 5) is 0. The van der Waals surface area contributed by atoms with E-state index < -0.39 is 0 Å². The molecule has 2 aliphatic heterocycles. The number of hydrogen-bond donors (Lipinski definition) is 1. The van der Waals surface area contributed by atoms with Crippen molar-refractivity contribution < 1.29 is 9.47 Å². The van der Waals surface area contributed by atoms with Gasteiger partial charge >= 0.3 is 0 Å². The third-order valence-corrected chi connectivity index (χ3v) is 3.75. The summed E-state index contributed by atoms with van der Waals surface area (Å²) in [5, 5.41) is 3.72. The van der Waals surface area contributed by atoms with Crippen molar-refractivity contribution >= 4 is 0 Å². The standard InChI is InChI=1S/C14H19NO2/c1-10-12(6-8-16-10)15-13-7-9-17-14-5-3-2-4-11(13)14/h2-5,10,12-13,15H,6-9H2,1H3. The van der Waals surface area contributed by atoms with Crippen LogP contribution in [0.4, 0.5) is 0 Å². The second kappa shape index (κ2) is 4.67. The number of hydrogen-bond acceptors (Lipinski definition) is 3. The molecule has 3 rings (SSSR count). The Bertz CT molecular complexity index is 394. The van der Waals surface area contributed by atoms with Gasteiger partial charge in [0.25, 0.3) is 0 Å². The van der Waals surface area contributed by atoms with Gasteiger partial charge in [0.2, 0.25) is 0 Å². The van der Waals surface area contributed by atoms with Gasteiger partial charge in [0, 0.05) is 30.7 Å². The summed E-state index contributed by atoms with van der Waals surface area (Å²) in [7, 11) is 0. The van der Waals surface area contributed by atoms with Crippen LogP contribution in [0.2, 0.25) is 0 Å². The van der Waals surface area contributed by atoms with Crippen LogP contribution in [0.3, 0.4) is 0 Å². The normalized spacial score (nSPS) is 31.9. The van der Waals surface area contributed by atoms with Gasteiger partial charge in [-0.25, -0.2) is 0 Å². The number of benzene rings is 1. The topological polar surface area (TPSA) is 30.5 Å². The summed E-state index contributed by atoms with van der Waals surface area (Å²) in [5.41, 5.74) is 1.29. The average molecular weight is 233 g/mol. The molecule has 0 radical (unpaired) electrons. The second-order valence-electron chi connectivity index (χ2n) is 4.87. The molecule has 3 atom stereocenters. The molecule has 0 bridgehead atoms. The van der Waals surface area contributed by atoms with Crippen LogP contribution in [-0.2, 0) is 4.74 Å². The third kappa shape index (κ3) is 2.17. The lowest BCUT2D eigenvalue weighted by molar-refractivity contribution is 0.108. The van der Waals surface area contributed by atoms with Gasteiger partial charge in [-0.2, -0.15) is 0 Å². The Hall–Kier alpha value is -1.06. The number of fused-ring (bicyclic) bond motifs is 1. The van der Waals surface area contributed by atoms with E-state index in [0.29, 0.717) is 18.2 Å². The van der Waals surface area contributed by atoms with Crippen molar-refractivity contribution in [1.29, 1.82) is 0 Å². The van der Waals surface area contributed by atoms with E-state index in [9.17, 15) is 0 Å². The maximum Gasteiger partial charge on any atom is 0.124 e. The Morgan fingerprint density at radius 3 is 2.88 bits per heavy atom. The molecule has 1 N–H and O–H groups in total. The molecule has 3 heteroatoms. The zero-order valence-corrected chi connectivity index (χ0v) is 10.2. The fraction of sp³-hybridized carbons (Fsp3) is 0.571. The van der Waals surface area contributed by atoms with Crippen molar-refractivity contribution in [3.8, 4) is 5.75 Å². The fourth-order valence-corrected chi connectivity index (χ4v) is 2.72. The van der Waals surface area contributed by atoms with Gasteiger partial charge in [-0.15, -0.1) is 0 Å². The minimum Gasteiger partial charge on any atom is -0.493 e. The molecular weight excluding hydrogens is 214 g/mol. The maximum absolute atomic E-state index is 5.67. The predicted octanol–water partition coefficient (Wildman–Crippen LogP) is 2.28. The van der Waals surface area contributed by atoms with Gasteiger partial charge in [-0.1, -0.05) is 18.2 Å². The number of rotatable bonds is 2. The molecule has 2 heterocycles. The highest BCUT2D eigenvalue weighted by Gasteiger charge is 2.29. The SMILES string of the molecule is CC1OCCC1NC1CCOc2ccccc21. The lowest BCUT2D eigenvalue weighted by atomic mass is 9.98. The van der Waals surface area contributed by atoms with Crippen molar-refractivity contribution in [2.24, 2.45) is 0 Å². The summed E-state index contributed by atoms with van der Waals surface area (Å²) in [5.74, 6) is 1.03. The molecule has 1 aromatic rings. The predicted molar refractivity (Wildman–Crippen MR) is 66.2 cm³/mol. The van der Waals surface area contributed by atoms with Crippen molar-refractivity contribution in [2.75, 3.05) is 13.2 Å². The van der Waals surface area contributed by atoms with Crippen LogP contribution in [0.1, 0.15) is 31.4 Å². The fourth-order valence-electron chi connectivity index (χ4n) is 2.72. The molecule has 1 saturated heterocycles. The van der Waals surface area contributed by atoms with E-state index in [0.717, 1.165) is 31.8 Å². The van der Waals surface area contributed by atoms with Crippen LogP contribution in [0.15, 0.2) is 24.3 Å². The summed E-state index contributed by atoms with van der Waals surface area (Å²) >= 11 is 0. The van der Waals surface area contributed by atoms with E-state index in [1.54, 1.807) is 0 Å². The van der Waals surface area contributed by atoms with E-state index in [1.807, 2.05) is 6.07 Å². The molecule has 3 nitrogen and oxygen atoms in total. The highest BCUT2D eigenvalue weighted by Crippen LogP contribution is 2.32. The zero-order chi connectivity index (χ0) is 11.7. The molecule has 17 heavy (non-hydrogen) atoms. The highest BCUT2D eigenvalue weighted by molar-refractivity contribution is 5.37. The van der Waals surface area contributed by atoms with Gasteiger partial charge < -0.3 is 14.8 Å². The summed E-state index contributed by atoms with van der Waals surface area (Å²) in [6.07, 6.45) is 2.48. The molecule has 92 valence electrons. The third-order valence-electron chi connectivity index (χ3n) is 3.75. The maximum atomic E-state index is 5.67. The molecule has 3 unspecified atom stereocenters. The van der Waals surface area contributed by atoms with Crippen LogP contribution >= 0.6 is 0 Å². The highest BCUT2D eigenvalue weighted by atomic mass is 16.5. The van der Waals surface area contributed by atoms with E-state index in [1.165, 1.54) is 5.56 Å². The van der Waals surface area contributed by atoms with Crippen molar-refractivity contribution in [3.05, 3.63) is 29.8 Å². The molecule has 0 saturated carbocycles. The van der Waals surface area contributed by atoms with Crippen molar-refractivity contribution in [1.82, 2.24) is 5.32 Å². The van der Waals surface area contributed by atoms with Gasteiger partial charge in [-0.3, -0.25) is 0 Å². The van der Waals surface area contributed by atoms with E-state index in [2.05, 4.69) is 30.4 Å². The number of para-hydroxylation sites is 1. The van der Waals surface area contributed by atoms with E-state index >= 15 is 0 Å². The number of nitrogens with one attached hydrogen (secondary N) is 1. The first-order valence-corrected chi connectivity index (χ1v) is 6.44. The van der Waals surface area contributed by atoms with Gasteiger partial charge in [0.1, 0.15) is 5.75 Å². The monoisotopic (exact) mass is 233 g/mol. The Labute approximate surface area is 102 Å². The molecule has 0 amide bonds. The zero-order valence-electron chi connectivity index (χ0n) is 10.2. The van der Waals surface area contributed by atoms with Crippen LogP contribution in [0, 0.1) is 0 Å². The first-order chi connectivity index (χ1) is 8.34. The largest absolute Gasteiger partial charge is 0.493 e. The number of ether oxygens (including phenoxy) is 2. The molecule has 0 spiro atoms. The van der Waals surface area contributed by atoms with Gasteiger partial charge in [0.15, 0.2) is 0 Å². The van der Waals surface area contributed by atoms with E-state index in [-0.39, 0.29) is 0 Å². The average Bonchev–Trinajstić information content (AvgIpc) is 2.76. The summed E-state index contributed by atoms with van der Waals surface area (Å²) in [6, 6.07) is 9.21. The summed E-state index contributed by atoms with van der Waals surface area (Å²) in [6.45, 7) is 3.83. The Balaban J connectivity index is 1.76. The second-order valence-corrected chi connectivity index (χ2v) is 4.87. The quantitative estimate of drug-likeness (QED) is 0.850. The van der Waals surface area contributed by atoms with Gasteiger partial charge in [-0.05, 0) is 19.4 Å². The Morgan fingerprint density at radius 1 is 1.18 bits per heavy atom. The van der Waals surface area contributed by atoms with Crippen LogP contribution in [0.25, 0.3) is 0 Å². The molecule has 1 fully saturated rings. The van der Waals surface area contributed by atoms with Crippen LogP contribution < -0.4 is 10.1 Å². The smallest absolute Gasteiger partial charge is 0.124 e. The Kier molecular flexibility index (Phi) is 3.04. The van der Waals surface area contributed by atoms with Crippen LogP contribution in [0.5, 0.6) is 5.75 Å². The minimum atomic E-state index is 0.324. The molecule has 0 aromatic heterocycles. The lowest BCUT2D eigenvalue weighted by Crippen LogP contribution is -2.39. The molecule has 0 aliphatic carbocycles. The molecule has 2 aliphatic rings. The Morgan fingerprint density at radius 2 is 2.06 bits per heavy atom. The first-order valence-electron chi connectivity index (χ1n) is 6.44. The lowest BCUT2D eigenvalue weighted by Gasteiger charge is -2.30. The molecule has 1 aromatic carbocycles. The van der Waals surface area contributed by atoms with Gasteiger partial charge in [0.05, 0.1) is 12.7 Å².